The monoisotopic (exact) mass is 221 g/mol. The second kappa shape index (κ2) is 5.39. The van der Waals surface area contributed by atoms with E-state index in [-0.39, 0.29) is 5.91 Å². The lowest BCUT2D eigenvalue weighted by Crippen LogP contribution is -2.28. The Morgan fingerprint density at radius 3 is 2.38 bits per heavy atom. The molecule has 16 heavy (non-hydrogen) atoms. The molecule has 4 nitrogen and oxygen atoms in total. The van der Waals surface area contributed by atoms with Gasteiger partial charge in [0.15, 0.2) is 0 Å². The number of hydrogen-bond donors (Lipinski definition) is 3. The molecule has 0 saturated heterocycles. The van der Waals surface area contributed by atoms with Gasteiger partial charge >= 0.3 is 0 Å². The Hall–Kier alpha value is -1.71. The molecule has 0 heterocycles. The van der Waals surface area contributed by atoms with E-state index in [0.717, 1.165) is 6.42 Å². The van der Waals surface area contributed by atoms with Gasteiger partial charge in [-0.05, 0) is 24.1 Å². The van der Waals surface area contributed by atoms with E-state index in [4.69, 9.17) is 11.5 Å². The molecule has 0 bridgehead atoms. The minimum Gasteiger partial charge on any atom is -0.399 e. The molecule has 0 spiro atoms. The van der Waals surface area contributed by atoms with E-state index < -0.39 is 0 Å². The summed E-state index contributed by atoms with van der Waals surface area (Å²) in [4.78, 5) is 11.7. The Labute approximate surface area is 96.0 Å². The second-order valence-corrected chi connectivity index (χ2v) is 4.11. The van der Waals surface area contributed by atoms with Crippen molar-refractivity contribution < 1.29 is 4.79 Å². The molecule has 0 aliphatic carbocycles. The van der Waals surface area contributed by atoms with Crippen LogP contribution in [0.5, 0.6) is 0 Å². The van der Waals surface area contributed by atoms with Crippen molar-refractivity contribution in [3.63, 3.8) is 0 Å². The van der Waals surface area contributed by atoms with Crippen LogP contribution in [0.4, 0.5) is 11.4 Å². The van der Waals surface area contributed by atoms with Crippen molar-refractivity contribution in [2.45, 2.75) is 20.3 Å². The lowest BCUT2D eigenvalue weighted by molar-refractivity contribution is 0.0948. The summed E-state index contributed by atoms with van der Waals surface area (Å²) in [6.45, 7) is 4.85. The highest BCUT2D eigenvalue weighted by molar-refractivity contribution is 5.96. The highest BCUT2D eigenvalue weighted by Gasteiger charge is 2.08. The molecule has 1 atom stereocenters. The maximum Gasteiger partial charge on any atom is 0.251 e. The number of nitrogens with two attached hydrogens (primary N) is 2. The quantitative estimate of drug-likeness (QED) is 0.676. The molecule has 0 saturated carbocycles. The zero-order valence-corrected chi connectivity index (χ0v) is 9.79. The zero-order valence-electron chi connectivity index (χ0n) is 9.79. The van der Waals surface area contributed by atoms with Crippen molar-refractivity contribution in [1.82, 2.24) is 5.32 Å². The van der Waals surface area contributed by atoms with Crippen molar-refractivity contribution in [3.05, 3.63) is 23.8 Å². The largest absolute Gasteiger partial charge is 0.399 e. The van der Waals surface area contributed by atoms with Crippen LogP contribution in [0.25, 0.3) is 0 Å². The molecule has 0 aliphatic rings. The molecule has 88 valence electrons. The second-order valence-electron chi connectivity index (χ2n) is 4.11. The van der Waals surface area contributed by atoms with Gasteiger partial charge in [0.25, 0.3) is 5.91 Å². The first-order chi connectivity index (χ1) is 7.52. The Morgan fingerprint density at radius 1 is 1.31 bits per heavy atom. The number of amides is 1. The molecule has 4 heteroatoms. The van der Waals surface area contributed by atoms with E-state index in [1.807, 2.05) is 0 Å². The number of carbonyl (C=O) groups excluding carboxylic acids is 1. The van der Waals surface area contributed by atoms with Gasteiger partial charge in [-0.2, -0.15) is 0 Å². The van der Waals surface area contributed by atoms with Crippen LogP contribution in [0.1, 0.15) is 30.6 Å². The summed E-state index contributed by atoms with van der Waals surface area (Å²) in [6, 6.07) is 4.88. The maximum atomic E-state index is 11.7. The molecular formula is C12H19N3O. The van der Waals surface area contributed by atoms with Crippen LogP contribution >= 0.6 is 0 Å². The van der Waals surface area contributed by atoms with Gasteiger partial charge in [0.1, 0.15) is 0 Å². The average Bonchev–Trinajstić information content (AvgIpc) is 2.23. The fourth-order valence-electron chi connectivity index (χ4n) is 1.32. The summed E-state index contributed by atoms with van der Waals surface area (Å²) in [5.74, 6) is 0.349. The summed E-state index contributed by atoms with van der Waals surface area (Å²) in [7, 11) is 0. The van der Waals surface area contributed by atoms with E-state index in [1.54, 1.807) is 18.2 Å². The van der Waals surface area contributed by atoms with E-state index >= 15 is 0 Å². The van der Waals surface area contributed by atoms with Crippen LogP contribution in [-0.4, -0.2) is 12.5 Å². The van der Waals surface area contributed by atoms with E-state index in [0.29, 0.717) is 29.4 Å². The first kappa shape index (κ1) is 12.4. The van der Waals surface area contributed by atoms with Crippen LogP contribution in [0.3, 0.4) is 0 Å². The number of carbonyl (C=O) groups is 1. The Balaban J connectivity index is 2.66. The summed E-state index contributed by atoms with van der Waals surface area (Å²) < 4.78 is 0. The third kappa shape index (κ3) is 3.46. The van der Waals surface area contributed by atoms with Gasteiger partial charge in [0, 0.05) is 23.5 Å². The molecule has 1 unspecified atom stereocenters. The topological polar surface area (TPSA) is 81.1 Å². The van der Waals surface area contributed by atoms with Crippen molar-refractivity contribution in [2.24, 2.45) is 5.92 Å². The molecule has 0 aliphatic heterocycles. The van der Waals surface area contributed by atoms with Crippen LogP contribution < -0.4 is 16.8 Å². The maximum absolute atomic E-state index is 11.7. The molecule has 0 radical (unpaired) electrons. The van der Waals surface area contributed by atoms with E-state index in [9.17, 15) is 4.79 Å². The summed E-state index contributed by atoms with van der Waals surface area (Å²) in [5, 5.41) is 2.85. The van der Waals surface area contributed by atoms with Crippen molar-refractivity contribution in [3.8, 4) is 0 Å². The third-order valence-electron chi connectivity index (χ3n) is 2.55. The van der Waals surface area contributed by atoms with Crippen LogP contribution in [0, 0.1) is 5.92 Å². The van der Waals surface area contributed by atoms with Gasteiger partial charge in [-0.1, -0.05) is 20.3 Å². The third-order valence-corrected chi connectivity index (χ3v) is 2.55. The first-order valence-corrected chi connectivity index (χ1v) is 5.47. The fraction of sp³-hybridized carbons (Fsp3) is 0.417. The predicted molar refractivity (Wildman–Crippen MR) is 67.1 cm³/mol. The highest BCUT2D eigenvalue weighted by Crippen LogP contribution is 2.13. The lowest BCUT2D eigenvalue weighted by Gasteiger charge is -2.10. The number of hydrogen-bond acceptors (Lipinski definition) is 3. The normalized spacial score (nSPS) is 12.1. The minimum atomic E-state index is -0.126. The Bertz CT molecular complexity index is 356. The Kier molecular flexibility index (Phi) is 4.17. The van der Waals surface area contributed by atoms with Crippen LogP contribution in [-0.2, 0) is 0 Å². The summed E-state index contributed by atoms with van der Waals surface area (Å²) >= 11 is 0. The SMILES string of the molecule is CCC(C)CNC(=O)c1cc(N)cc(N)c1. The molecule has 1 aromatic rings. The van der Waals surface area contributed by atoms with Gasteiger partial charge in [-0.15, -0.1) is 0 Å². The van der Waals surface area contributed by atoms with Crippen LogP contribution in [0.2, 0.25) is 0 Å². The van der Waals surface area contributed by atoms with Crippen molar-refractivity contribution in [1.29, 1.82) is 0 Å². The minimum absolute atomic E-state index is 0.126. The fourth-order valence-corrected chi connectivity index (χ4v) is 1.32. The van der Waals surface area contributed by atoms with Gasteiger partial charge < -0.3 is 16.8 Å². The lowest BCUT2D eigenvalue weighted by atomic mass is 10.1. The number of nitrogens with one attached hydrogen (secondary N) is 1. The molecule has 5 N–H and O–H groups in total. The first-order valence-electron chi connectivity index (χ1n) is 5.47. The molecule has 1 amide bonds. The van der Waals surface area contributed by atoms with Gasteiger partial charge in [0.2, 0.25) is 0 Å². The van der Waals surface area contributed by atoms with Gasteiger partial charge in [-0.3, -0.25) is 4.79 Å². The molecule has 0 aromatic heterocycles. The number of rotatable bonds is 4. The summed E-state index contributed by atoms with van der Waals surface area (Å²) in [5.41, 5.74) is 12.8. The smallest absolute Gasteiger partial charge is 0.251 e. The molecule has 1 rings (SSSR count). The van der Waals surface area contributed by atoms with Gasteiger partial charge in [0.05, 0.1) is 0 Å². The number of benzene rings is 1. The van der Waals surface area contributed by atoms with Gasteiger partial charge in [-0.25, -0.2) is 0 Å². The standard InChI is InChI=1S/C12H19N3O/c1-3-8(2)7-15-12(16)9-4-10(13)6-11(14)5-9/h4-6,8H,3,7,13-14H2,1-2H3,(H,15,16). The van der Waals surface area contributed by atoms with E-state index in [2.05, 4.69) is 19.2 Å². The molecule has 0 fully saturated rings. The zero-order chi connectivity index (χ0) is 12.1. The number of anilines is 2. The van der Waals surface area contributed by atoms with E-state index in [1.165, 1.54) is 0 Å². The Morgan fingerprint density at radius 2 is 1.88 bits per heavy atom. The van der Waals surface area contributed by atoms with Crippen molar-refractivity contribution >= 4 is 17.3 Å². The molecular weight excluding hydrogens is 202 g/mol. The van der Waals surface area contributed by atoms with Crippen molar-refractivity contribution in [2.75, 3.05) is 18.0 Å². The number of nitrogen functional groups attached to an aromatic ring is 2. The highest BCUT2D eigenvalue weighted by atomic mass is 16.1. The predicted octanol–water partition coefficient (Wildman–Crippen LogP) is 1.63. The summed E-state index contributed by atoms with van der Waals surface area (Å²) in [6.07, 6.45) is 1.04. The molecule has 1 aromatic carbocycles. The average molecular weight is 221 g/mol. The van der Waals surface area contributed by atoms with Crippen LogP contribution in [0.15, 0.2) is 18.2 Å².